The van der Waals surface area contributed by atoms with Gasteiger partial charge in [0.1, 0.15) is 4.75 Å². The van der Waals surface area contributed by atoms with Gasteiger partial charge in [-0.25, -0.2) is 0 Å². The van der Waals surface area contributed by atoms with E-state index in [9.17, 15) is 9.90 Å². The van der Waals surface area contributed by atoms with E-state index in [0.29, 0.717) is 6.42 Å². The molecule has 2 nitrogen and oxygen atoms in total. The van der Waals surface area contributed by atoms with Crippen molar-refractivity contribution in [1.82, 2.24) is 0 Å². The number of aryl methyl sites for hydroxylation is 1. The summed E-state index contributed by atoms with van der Waals surface area (Å²) in [5, 5.41) is 9.36. The number of benzene rings is 1. The molecule has 2 rings (SSSR count). The van der Waals surface area contributed by atoms with Crippen LogP contribution >= 0.6 is 11.8 Å². The van der Waals surface area contributed by atoms with Gasteiger partial charge in [0.15, 0.2) is 0 Å². The number of thioether (sulfide) groups is 1. The third-order valence-corrected chi connectivity index (χ3v) is 4.67. The number of carbonyl (C=O) groups is 1. The smallest absolute Gasteiger partial charge is 0.320 e. The van der Waals surface area contributed by atoms with Gasteiger partial charge in [0.05, 0.1) is 0 Å². The van der Waals surface area contributed by atoms with Gasteiger partial charge in [-0.15, -0.1) is 11.8 Å². The molecule has 16 heavy (non-hydrogen) atoms. The summed E-state index contributed by atoms with van der Waals surface area (Å²) in [5.41, 5.74) is 2.34. The minimum absolute atomic E-state index is 0.574. The summed E-state index contributed by atoms with van der Waals surface area (Å²) in [6.45, 7) is 2.04. The zero-order valence-corrected chi connectivity index (χ0v) is 10.2. The van der Waals surface area contributed by atoms with E-state index in [1.54, 1.807) is 11.8 Å². The highest BCUT2D eigenvalue weighted by atomic mass is 32.2. The standard InChI is InChI=1S/C13H16O2S/c1-10-3-5-11(6-4-10)9-13(12(14)15)7-2-8-16-13/h3-6H,2,7-9H2,1H3,(H,14,15). The number of carboxylic acid groups (broad SMARTS) is 1. The van der Waals surface area contributed by atoms with Crippen molar-refractivity contribution in [3.8, 4) is 0 Å². The van der Waals surface area contributed by atoms with Gasteiger partial charge in [-0.05, 0) is 37.5 Å². The zero-order valence-electron chi connectivity index (χ0n) is 9.40. The molecular formula is C13H16O2S. The van der Waals surface area contributed by atoms with Crippen molar-refractivity contribution < 1.29 is 9.90 Å². The second kappa shape index (κ2) is 4.50. The summed E-state index contributed by atoms with van der Waals surface area (Å²) < 4.78 is -0.574. The van der Waals surface area contributed by atoms with E-state index < -0.39 is 10.7 Å². The van der Waals surface area contributed by atoms with Crippen LogP contribution in [-0.2, 0) is 11.2 Å². The Kier molecular flexibility index (Phi) is 3.24. The minimum Gasteiger partial charge on any atom is -0.480 e. The van der Waals surface area contributed by atoms with E-state index in [-0.39, 0.29) is 0 Å². The summed E-state index contributed by atoms with van der Waals surface area (Å²) in [6, 6.07) is 8.17. The Morgan fingerprint density at radius 1 is 1.44 bits per heavy atom. The maximum absolute atomic E-state index is 11.4. The van der Waals surface area contributed by atoms with E-state index in [1.165, 1.54) is 5.56 Å². The zero-order chi connectivity index (χ0) is 11.6. The predicted molar refractivity (Wildman–Crippen MR) is 66.9 cm³/mol. The SMILES string of the molecule is Cc1ccc(CC2(C(=O)O)CCCS2)cc1. The molecule has 0 saturated carbocycles. The molecule has 1 aromatic carbocycles. The summed E-state index contributed by atoms with van der Waals surface area (Å²) >= 11 is 1.60. The largest absolute Gasteiger partial charge is 0.480 e. The summed E-state index contributed by atoms with van der Waals surface area (Å²) in [6.07, 6.45) is 2.46. The molecule has 1 atom stereocenters. The fourth-order valence-electron chi connectivity index (χ4n) is 2.12. The van der Waals surface area contributed by atoms with E-state index in [1.807, 2.05) is 31.2 Å². The molecule has 1 aliphatic heterocycles. The Hall–Kier alpha value is -0.960. The second-order valence-corrected chi connectivity index (χ2v) is 5.89. The van der Waals surface area contributed by atoms with Crippen LogP contribution in [0.25, 0.3) is 0 Å². The van der Waals surface area contributed by atoms with Gasteiger partial charge < -0.3 is 5.11 Å². The quantitative estimate of drug-likeness (QED) is 0.876. The molecule has 1 unspecified atom stereocenters. The van der Waals surface area contributed by atoms with Gasteiger partial charge in [-0.3, -0.25) is 4.79 Å². The fraction of sp³-hybridized carbons (Fsp3) is 0.462. The van der Waals surface area contributed by atoms with Gasteiger partial charge in [0.25, 0.3) is 0 Å². The lowest BCUT2D eigenvalue weighted by Crippen LogP contribution is -2.34. The van der Waals surface area contributed by atoms with Crippen molar-refractivity contribution in [3.05, 3.63) is 35.4 Å². The molecule has 1 heterocycles. The highest BCUT2D eigenvalue weighted by Gasteiger charge is 2.42. The maximum atomic E-state index is 11.4. The van der Waals surface area contributed by atoms with E-state index in [2.05, 4.69) is 0 Å². The van der Waals surface area contributed by atoms with Crippen LogP contribution in [0, 0.1) is 6.92 Å². The van der Waals surface area contributed by atoms with Crippen LogP contribution in [0.2, 0.25) is 0 Å². The van der Waals surface area contributed by atoms with Crippen molar-refractivity contribution in [3.63, 3.8) is 0 Å². The van der Waals surface area contributed by atoms with Gasteiger partial charge in [0, 0.05) is 0 Å². The minimum atomic E-state index is -0.657. The maximum Gasteiger partial charge on any atom is 0.320 e. The molecule has 1 aliphatic rings. The van der Waals surface area contributed by atoms with Gasteiger partial charge >= 0.3 is 5.97 Å². The predicted octanol–water partition coefficient (Wildman–Crippen LogP) is 2.89. The van der Waals surface area contributed by atoms with Crippen molar-refractivity contribution in [2.24, 2.45) is 0 Å². The molecule has 0 bridgehead atoms. The van der Waals surface area contributed by atoms with Crippen LogP contribution in [0.4, 0.5) is 0 Å². The Bertz CT molecular complexity index is 377. The lowest BCUT2D eigenvalue weighted by Gasteiger charge is -2.22. The first-order valence-electron chi connectivity index (χ1n) is 5.55. The van der Waals surface area contributed by atoms with Crippen LogP contribution in [0.1, 0.15) is 24.0 Å². The number of hydrogen-bond acceptors (Lipinski definition) is 2. The summed E-state index contributed by atoms with van der Waals surface area (Å²) in [7, 11) is 0. The number of carboxylic acids is 1. The summed E-state index contributed by atoms with van der Waals surface area (Å²) in [5.74, 6) is 0.314. The third kappa shape index (κ3) is 2.24. The molecule has 3 heteroatoms. The Morgan fingerprint density at radius 2 is 2.12 bits per heavy atom. The molecule has 0 aliphatic carbocycles. The van der Waals surface area contributed by atoms with Crippen molar-refractivity contribution in [1.29, 1.82) is 0 Å². The molecule has 86 valence electrons. The second-order valence-electron chi connectivity index (χ2n) is 4.41. The van der Waals surface area contributed by atoms with Gasteiger partial charge in [-0.2, -0.15) is 0 Å². The van der Waals surface area contributed by atoms with Crippen LogP contribution in [-0.4, -0.2) is 21.6 Å². The topological polar surface area (TPSA) is 37.3 Å². The first kappa shape index (κ1) is 11.5. The molecule has 1 aromatic rings. The Labute approximate surface area is 100 Å². The lowest BCUT2D eigenvalue weighted by molar-refractivity contribution is -0.139. The lowest BCUT2D eigenvalue weighted by atomic mass is 9.94. The average molecular weight is 236 g/mol. The van der Waals surface area contributed by atoms with Crippen LogP contribution in [0.15, 0.2) is 24.3 Å². The monoisotopic (exact) mass is 236 g/mol. The van der Waals surface area contributed by atoms with Crippen LogP contribution in [0.5, 0.6) is 0 Å². The fourth-order valence-corrected chi connectivity index (χ4v) is 3.48. The molecule has 1 fully saturated rings. The first-order chi connectivity index (χ1) is 7.62. The average Bonchev–Trinajstić information content (AvgIpc) is 2.71. The molecule has 1 N–H and O–H groups in total. The molecule has 0 radical (unpaired) electrons. The Morgan fingerprint density at radius 3 is 2.62 bits per heavy atom. The number of aliphatic carboxylic acids is 1. The molecular weight excluding hydrogens is 220 g/mol. The normalized spacial score (nSPS) is 24.6. The number of hydrogen-bond donors (Lipinski definition) is 1. The van der Waals surface area contributed by atoms with Crippen molar-refractivity contribution in [2.45, 2.75) is 30.9 Å². The van der Waals surface area contributed by atoms with Gasteiger partial charge in [0.2, 0.25) is 0 Å². The molecule has 0 spiro atoms. The van der Waals surface area contributed by atoms with E-state index in [0.717, 1.165) is 24.2 Å². The van der Waals surface area contributed by atoms with E-state index in [4.69, 9.17) is 0 Å². The molecule has 0 amide bonds. The number of rotatable bonds is 3. The Balaban J connectivity index is 2.18. The third-order valence-electron chi connectivity index (χ3n) is 3.10. The van der Waals surface area contributed by atoms with Crippen LogP contribution < -0.4 is 0 Å². The molecule has 1 saturated heterocycles. The van der Waals surface area contributed by atoms with Crippen molar-refractivity contribution in [2.75, 3.05) is 5.75 Å². The first-order valence-corrected chi connectivity index (χ1v) is 6.54. The van der Waals surface area contributed by atoms with E-state index >= 15 is 0 Å². The van der Waals surface area contributed by atoms with Crippen LogP contribution in [0.3, 0.4) is 0 Å². The highest BCUT2D eigenvalue weighted by molar-refractivity contribution is 8.01. The van der Waals surface area contributed by atoms with Crippen molar-refractivity contribution >= 4 is 17.7 Å². The highest BCUT2D eigenvalue weighted by Crippen LogP contribution is 2.41. The molecule has 0 aromatic heterocycles. The van der Waals surface area contributed by atoms with Gasteiger partial charge in [-0.1, -0.05) is 29.8 Å². The summed E-state index contributed by atoms with van der Waals surface area (Å²) in [4.78, 5) is 11.4.